The lowest BCUT2D eigenvalue weighted by Crippen LogP contribution is -2.43. The molecule has 0 spiro atoms. The van der Waals surface area contributed by atoms with Crippen LogP contribution in [0.25, 0.3) is 0 Å². The minimum absolute atomic E-state index is 0.167. The number of anilines is 1. The van der Waals surface area contributed by atoms with Gasteiger partial charge in [0.25, 0.3) is 0 Å². The van der Waals surface area contributed by atoms with Crippen LogP contribution >= 0.6 is 0 Å². The van der Waals surface area contributed by atoms with Crippen LogP contribution in [0.3, 0.4) is 0 Å². The predicted octanol–water partition coefficient (Wildman–Crippen LogP) is 0.893. The third-order valence-corrected chi connectivity index (χ3v) is 3.03. The molecule has 2 amide bonds. The number of aromatic nitrogens is 2. The molecule has 2 rings (SSSR count). The summed E-state index contributed by atoms with van der Waals surface area (Å²) in [5, 5.41) is 2.65. The van der Waals surface area contributed by atoms with Crippen LogP contribution in [0, 0.1) is 5.92 Å². The van der Waals surface area contributed by atoms with Gasteiger partial charge in [0, 0.05) is 25.5 Å². The van der Waals surface area contributed by atoms with E-state index >= 15 is 0 Å². The highest BCUT2D eigenvalue weighted by Gasteiger charge is 2.29. The van der Waals surface area contributed by atoms with Crippen molar-refractivity contribution in [2.24, 2.45) is 5.92 Å². The van der Waals surface area contributed by atoms with Crippen LogP contribution in [0.2, 0.25) is 0 Å². The molecule has 102 valence electrons. The van der Waals surface area contributed by atoms with E-state index in [1.807, 2.05) is 0 Å². The lowest BCUT2D eigenvalue weighted by molar-refractivity contribution is -0.121. The summed E-state index contributed by atoms with van der Waals surface area (Å²) in [6, 6.07) is 1.68. The van der Waals surface area contributed by atoms with E-state index in [9.17, 15) is 9.59 Å². The SMILES string of the molecule is COC(=O)N1CCCC(C(=O)Nc2ncccn2)C1. The van der Waals surface area contributed by atoms with Crippen molar-refractivity contribution >= 4 is 17.9 Å². The van der Waals surface area contributed by atoms with Gasteiger partial charge in [-0.25, -0.2) is 14.8 Å². The number of nitrogens with zero attached hydrogens (tertiary/aromatic N) is 3. The molecule has 2 heterocycles. The monoisotopic (exact) mass is 264 g/mol. The smallest absolute Gasteiger partial charge is 0.409 e. The Labute approximate surface area is 111 Å². The number of hydrogen-bond acceptors (Lipinski definition) is 5. The van der Waals surface area contributed by atoms with Gasteiger partial charge in [0.05, 0.1) is 13.0 Å². The summed E-state index contributed by atoms with van der Waals surface area (Å²) >= 11 is 0. The molecule has 1 aromatic rings. The molecule has 1 unspecified atom stereocenters. The number of hydrogen-bond donors (Lipinski definition) is 1. The largest absolute Gasteiger partial charge is 0.453 e. The Kier molecular flexibility index (Phi) is 4.27. The van der Waals surface area contributed by atoms with E-state index in [1.54, 1.807) is 23.4 Å². The average molecular weight is 264 g/mol. The molecule has 7 nitrogen and oxygen atoms in total. The molecule has 1 N–H and O–H groups in total. The number of methoxy groups -OCH3 is 1. The molecule has 0 aliphatic carbocycles. The van der Waals surface area contributed by atoms with Crippen LogP contribution in [0.1, 0.15) is 12.8 Å². The maximum atomic E-state index is 12.1. The van der Waals surface area contributed by atoms with Crippen molar-refractivity contribution in [1.82, 2.24) is 14.9 Å². The molecule has 19 heavy (non-hydrogen) atoms. The van der Waals surface area contributed by atoms with Crippen LogP contribution in [0.5, 0.6) is 0 Å². The number of carbonyl (C=O) groups excluding carboxylic acids is 2. The number of rotatable bonds is 2. The second-order valence-corrected chi connectivity index (χ2v) is 4.32. The Bertz CT molecular complexity index is 452. The van der Waals surface area contributed by atoms with Gasteiger partial charge in [0.2, 0.25) is 11.9 Å². The van der Waals surface area contributed by atoms with E-state index in [1.165, 1.54) is 7.11 Å². The van der Waals surface area contributed by atoms with Gasteiger partial charge in [-0.15, -0.1) is 0 Å². The Balaban J connectivity index is 1.94. The zero-order chi connectivity index (χ0) is 13.7. The summed E-state index contributed by atoms with van der Waals surface area (Å²) in [5.41, 5.74) is 0. The second-order valence-electron chi connectivity index (χ2n) is 4.32. The molecular weight excluding hydrogens is 248 g/mol. The maximum absolute atomic E-state index is 12.1. The molecule has 0 aromatic carbocycles. The Hall–Kier alpha value is -2.18. The molecule has 0 saturated carbocycles. The topological polar surface area (TPSA) is 84.4 Å². The number of nitrogens with one attached hydrogen (secondary N) is 1. The van der Waals surface area contributed by atoms with Gasteiger partial charge in [-0.1, -0.05) is 0 Å². The molecule has 1 atom stereocenters. The number of ether oxygens (including phenoxy) is 1. The van der Waals surface area contributed by atoms with E-state index < -0.39 is 6.09 Å². The van der Waals surface area contributed by atoms with Crippen molar-refractivity contribution in [1.29, 1.82) is 0 Å². The quantitative estimate of drug-likeness (QED) is 0.857. The average Bonchev–Trinajstić information content (AvgIpc) is 2.47. The van der Waals surface area contributed by atoms with Gasteiger partial charge in [0.15, 0.2) is 0 Å². The second kappa shape index (κ2) is 6.12. The van der Waals surface area contributed by atoms with Crippen molar-refractivity contribution in [2.75, 3.05) is 25.5 Å². The Morgan fingerprint density at radius 3 is 2.84 bits per heavy atom. The predicted molar refractivity (Wildman–Crippen MR) is 67.4 cm³/mol. The molecule has 7 heteroatoms. The van der Waals surface area contributed by atoms with Gasteiger partial charge < -0.3 is 9.64 Å². The van der Waals surface area contributed by atoms with Gasteiger partial charge in [-0.2, -0.15) is 0 Å². The molecular formula is C12H16N4O3. The fourth-order valence-electron chi connectivity index (χ4n) is 2.06. The summed E-state index contributed by atoms with van der Waals surface area (Å²) in [6.07, 6.45) is 4.25. The minimum atomic E-state index is -0.395. The number of carbonyl (C=O) groups is 2. The third-order valence-electron chi connectivity index (χ3n) is 3.03. The van der Waals surface area contributed by atoms with Crippen molar-refractivity contribution in [3.63, 3.8) is 0 Å². The first-order valence-electron chi connectivity index (χ1n) is 6.11. The van der Waals surface area contributed by atoms with Gasteiger partial charge >= 0.3 is 6.09 Å². The van der Waals surface area contributed by atoms with Gasteiger partial charge in [-0.3, -0.25) is 10.1 Å². The summed E-state index contributed by atoms with van der Waals surface area (Å²) in [4.78, 5) is 32.9. The summed E-state index contributed by atoms with van der Waals surface area (Å²) in [7, 11) is 1.34. The number of amides is 2. The molecule has 1 aliphatic rings. The highest BCUT2D eigenvalue weighted by atomic mass is 16.5. The first-order chi connectivity index (χ1) is 9.20. The first kappa shape index (κ1) is 13.3. The van der Waals surface area contributed by atoms with Crippen LogP contribution < -0.4 is 5.32 Å². The van der Waals surface area contributed by atoms with Crippen molar-refractivity contribution < 1.29 is 14.3 Å². The fourth-order valence-corrected chi connectivity index (χ4v) is 2.06. The normalized spacial score (nSPS) is 18.8. The highest BCUT2D eigenvalue weighted by molar-refractivity contribution is 5.91. The standard InChI is InChI=1S/C12H16N4O3/c1-19-12(18)16-7-2-4-9(8-16)10(17)15-11-13-5-3-6-14-11/h3,5-6,9H,2,4,7-8H2,1H3,(H,13,14,15,17). The zero-order valence-electron chi connectivity index (χ0n) is 10.7. The van der Waals surface area contributed by atoms with Crippen LogP contribution in [-0.2, 0) is 9.53 Å². The van der Waals surface area contributed by atoms with E-state index in [0.29, 0.717) is 13.1 Å². The third kappa shape index (κ3) is 3.40. The first-order valence-corrected chi connectivity index (χ1v) is 6.11. The van der Waals surface area contributed by atoms with Crippen LogP contribution in [-0.4, -0.2) is 47.1 Å². The van der Waals surface area contributed by atoms with E-state index in [4.69, 9.17) is 0 Å². The molecule has 1 aromatic heterocycles. The fraction of sp³-hybridized carbons (Fsp3) is 0.500. The Morgan fingerprint density at radius 2 is 2.16 bits per heavy atom. The van der Waals surface area contributed by atoms with Crippen molar-refractivity contribution in [3.05, 3.63) is 18.5 Å². The lowest BCUT2D eigenvalue weighted by atomic mass is 9.97. The number of likely N-dealkylation sites (tertiary alicyclic amines) is 1. The van der Waals surface area contributed by atoms with E-state index in [0.717, 1.165) is 12.8 Å². The summed E-state index contributed by atoms with van der Waals surface area (Å²) in [5.74, 6) is -0.140. The van der Waals surface area contributed by atoms with E-state index in [-0.39, 0.29) is 17.8 Å². The highest BCUT2D eigenvalue weighted by Crippen LogP contribution is 2.18. The van der Waals surface area contributed by atoms with E-state index in [2.05, 4.69) is 20.0 Å². The molecule has 0 radical (unpaired) electrons. The van der Waals surface area contributed by atoms with Crippen molar-refractivity contribution in [2.45, 2.75) is 12.8 Å². The summed E-state index contributed by atoms with van der Waals surface area (Å²) < 4.78 is 4.67. The minimum Gasteiger partial charge on any atom is -0.453 e. The molecule has 1 saturated heterocycles. The van der Waals surface area contributed by atoms with Crippen LogP contribution in [0.4, 0.5) is 10.7 Å². The van der Waals surface area contributed by atoms with Gasteiger partial charge in [0.1, 0.15) is 0 Å². The maximum Gasteiger partial charge on any atom is 0.409 e. The Morgan fingerprint density at radius 1 is 1.42 bits per heavy atom. The lowest BCUT2D eigenvalue weighted by Gasteiger charge is -2.30. The zero-order valence-corrected chi connectivity index (χ0v) is 10.7. The van der Waals surface area contributed by atoms with Crippen LogP contribution in [0.15, 0.2) is 18.5 Å². The van der Waals surface area contributed by atoms with Gasteiger partial charge in [-0.05, 0) is 18.9 Å². The molecule has 0 bridgehead atoms. The van der Waals surface area contributed by atoms with Crippen molar-refractivity contribution in [3.8, 4) is 0 Å². The molecule has 1 aliphatic heterocycles. The number of piperidine rings is 1. The summed E-state index contributed by atoms with van der Waals surface area (Å²) in [6.45, 7) is 0.990. The molecule has 1 fully saturated rings.